The van der Waals surface area contributed by atoms with Gasteiger partial charge in [-0.25, -0.2) is 4.98 Å². The van der Waals surface area contributed by atoms with Crippen LogP contribution in [0.2, 0.25) is 0 Å². The van der Waals surface area contributed by atoms with Crippen LogP contribution in [0.25, 0.3) is 0 Å². The smallest absolute Gasteiger partial charge is 0.230 e. The van der Waals surface area contributed by atoms with Crippen molar-refractivity contribution >= 4 is 17.2 Å². The summed E-state index contributed by atoms with van der Waals surface area (Å²) in [5.74, 6) is 0.476. The van der Waals surface area contributed by atoms with Crippen LogP contribution in [0.5, 0.6) is 0 Å². The van der Waals surface area contributed by atoms with Gasteiger partial charge >= 0.3 is 0 Å². The van der Waals surface area contributed by atoms with E-state index in [2.05, 4.69) is 21.7 Å². The number of piperidine rings is 1. The lowest BCUT2D eigenvalue weighted by Gasteiger charge is -2.44. The molecule has 0 bridgehead atoms. The first-order chi connectivity index (χ1) is 11.7. The summed E-state index contributed by atoms with van der Waals surface area (Å²) in [4.78, 5) is 23.9. The Balaban J connectivity index is 1.44. The van der Waals surface area contributed by atoms with E-state index in [1.54, 1.807) is 11.3 Å². The van der Waals surface area contributed by atoms with Gasteiger partial charge < -0.3 is 4.90 Å². The third kappa shape index (κ3) is 3.01. The third-order valence-corrected chi connectivity index (χ3v) is 7.35. The first-order valence-electron chi connectivity index (χ1n) is 9.60. The van der Waals surface area contributed by atoms with Crippen molar-refractivity contribution in [2.75, 3.05) is 19.6 Å². The van der Waals surface area contributed by atoms with Gasteiger partial charge in [0.05, 0.1) is 16.6 Å². The van der Waals surface area contributed by atoms with Gasteiger partial charge in [-0.05, 0) is 45.6 Å². The van der Waals surface area contributed by atoms with Crippen LogP contribution in [0.3, 0.4) is 0 Å². The molecular formula is C19H29N3OS. The van der Waals surface area contributed by atoms with E-state index in [9.17, 15) is 4.79 Å². The van der Waals surface area contributed by atoms with Crippen LogP contribution in [0.4, 0.5) is 0 Å². The molecule has 5 heteroatoms. The number of aryl methyl sites for hydroxylation is 1. The SMILES string of the molecule is Cc1ncsc1CN1CC[C@]2(CCCN(C3CCCCC3)C2=O)C1. The van der Waals surface area contributed by atoms with Gasteiger partial charge in [0.25, 0.3) is 0 Å². The van der Waals surface area contributed by atoms with Crippen LogP contribution < -0.4 is 0 Å². The van der Waals surface area contributed by atoms with Crippen molar-refractivity contribution in [2.24, 2.45) is 5.41 Å². The van der Waals surface area contributed by atoms with E-state index in [1.165, 1.54) is 43.4 Å². The highest BCUT2D eigenvalue weighted by Gasteiger charge is 2.49. The molecule has 2 saturated heterocycles. The first-order valence-corrected chi connectivity index (χ1v) is 10.5. The third-order valence-electron chi connectivity index (χ3n) is 6.43. The lowest BCUT2D eigenvalue weighted by molar-refractivity contribution is -0.149. The maximum Gasteiger partial charge on any atom is 0.230 e. The molecule has 1 aromatic rings. The van der Waals surface area contributed by atoms with Gasteiger partial charge in [0.2, 0.25) is 5.91 Å². The van der Waals surface area contributed by atoms with E-state index >= 15 is 0 Å². The maximum atomic E-state index is 13.4. The zero-order valence-electron chi connectivity index (χ0n) is 14.8. The number of carbonyl (C=O) groups excluding carboxylic acids is 1. The van der Waals surface area contributed by atoms with E-state index in [0.29, 0.717) is 11.9 Å². The Hall–Kier alpha value is -0.940. The zero-order chi connectivity index (χ0) is 16.6. The molecule has 1 aromatic heterocycles. The van der Waals surface area contributed by atoms with Gasteiger partial charge in [0, 0.05) is 30.6 Å². The molecule has 0 N–H and O–H groups in total. The van der Waals surface area contributed by atoms with Crippen LogP contribution in [-0.4, -0.2) is 46.4 Å². The Labute approximate surface area is 149 Å². The predicted octanol–water partition coefficient (Wildman–Crippen LogP) is 3.60. The monoisotopic (exact) mass is 347 g/mol. The van der Waals surface area contributed by atoms with Crippen molar-refractivity contribution in [3.8, 4) is 0 Å². The van der Waals surface area contributed by atoms with E-state index in [0.717, 1.165) is 44.7 Å². The van der Waals surface area contributed by atoms with E-state index < -0.39 is 0 Å². The Morgan fingerprint density at radius 1 is 1.21 bits per heavy atom. The van der Waals surface area contributed by atoms with Crippen molar-refractivity contribution < 1.29 is 4.79 Å². The number of aromatic nitrogens is 1. The lowest BCUT2D eigenvalue weighted by Crippen LogP contribution is -2.54. The average Bonchev–Trinajstić information content (AvgIpc) is 3.19. The highest BCUT2D eigenvalue weighted by molar-refractivity contribution is 7.09. The Bertz CT molecular complexity index is 595. The standard InChI is InChI=1S/C19H29N3OS/c1-15-17(24-14-20-15)12-21-11-9-19(13-21)8-5-10-22(18(19)23)16-6-3-2-4-7-16/h14,16H,2-13H2,1H3/t19-/m1/s1. The fraction of sp³-hybridized carbons (Fsp3) is 0.789. The first kappa shape index (κ1) is 16.5. The maximum absolute atomic E-state index is 13.4. The van der Waals surface area contributed by atoms with Crippen molar-refractivity contribution in [1.29, 1.82) is 0 Å². The molecule has 0 radical (unpaired) electrons. The zero-order valence-corrected chi connectivity index (χ0v) is 15.6. The fourth-order valence-electron chi connectivity index (χ4n) is 4.99. The van der Waals surface area contributed by atoms with Crippen LogP contribution >= 0.6 is 11.3 Å². The molecule has 2 aliphatic heterocycles. The van der Waals surface area contributed by atoms with Crippen molar-refractivity contribution in [3.05, 3.63) is 16.1 Å². The quantitative estimate of drug-likeness (QED) is 0.838. The molecule has 24 heavy (non-hydrogen) atoms. The minimum Gasteiger partial charge on any atom is -0.339 e. The Morgan fingerprint density at radius 2 is 2.04 bits per heavy atom. The second-order valence-corrected chi connectivity index (χ2v) is 8.94. The van der Waals surface area contributed by atoms with E-state index in [-0.39, 0.29) is 5.41 Å². The van der Waals surface area contributed by atoms with Crippen LogP contribution in [0.15, 0.2) is 5.51 Å². The molecule has 1 atom stereocenters. The van der Waals surface area contributed by atoms with Crippen LogP contribution in [0.1, 0.15) is 61.9 Å². The normalized spacial score (nSPS) is 29.7. The summed E-state index contributed by atoms with van der Waals surface area (Å²) in [6.45, 7) is 6.07. The molecule has 1 spiro atoms. The summed E-state index contributed by atoms with van der Waals surface area (Å²) in [6, 6.07) is 0.529. The highest BCUT2D eigenvalue weighted by atomic mass is 32.1. The number of carbonyl (C=O) groups is 1. The second kappa shape index (κ2) is 6.75. The fourth-order valence-corrected chi connectivity index (χ4v) is 5.81. The van der Waals surface area contributed by atoms with Gasteiger partial charge in [0.15, 0.2) is 0 Å². The van der Waals surface area contributed by atoms with Gasteiger partial charge in [-0.3, -0.25) is 9.69 Å². The van der Waals surface area contributed by atoms with E-state index in [1.807, 2.05) is 5.51 Å². The molecule has 1 saturated carbocycles. The number of amides is 1. The van der Waals surface area contributed by atoms with Crippen LogP contribution in [-0.2, 0) is 11.3 Å². The minimum absolute atomic E-state index is 0.0890. The van der Waals surface area contributed by atoms with Crippen molar-refractivity contribution in [1.82, 2.24) is 14.8 Å². The molecule has 3 heterocycles. The highest BCUT2D eigenvalue weighted by Crippen LogP contribution is 2.42. The van der Waals surface area contributed by atoms with Crippen molar-refractivity contribution in [3.63, 3.8) is 0 Å². The molecule has 4 nitrogen and oxygen atoms in total. The van der Waals surface area contributed by atoms with Gasteiger partial charge in [0.1, 0.15) is 0 Å². The van der Waals surface area contributed by atoms with Gasteiger partial charge in [-0.1, -0.05) is 19.3 Å². The summed E-state index contributed by atoms with van der Waals surface area (Å²) in [7, 11) is 0. The summed E-state index contributed by atoms with van der Waals surface area (Å²) in [5.41, 5.74) is 3.00. The molecule has 0 aromatic carbocycles. The number of nitrogens with zero attached hydrogens (tertiary/aromatic N) is 3. The second-order valence-electron chi connectivity index (χ2n) is 8.00. The minimum atomic E-state index is -0.0890. The predicted molar refractivity (Wildman–Crippen MR) is 97.0 cm³/mol. The summed E-state index contributed by atoms with van der Waals surface area (Å²) in [5, 5.41) is 0. The average molecular weight is 348 g/mol. The number of likely N-dealkylation sites (tertiary alicyclic amines) is 2. The molecule has 0 unspecified atom stereocenters. The number of thiazole rings is 1. The molecule has 4 rings (SSSR count). The summed E-state index contributed by atoms with van der Waals surface area (Å²) in [6.07, 6.45) is 9.75. The van der Waals surface area contributed by atoms with Crippen LogP contribution in [0, 0.1) is 12.3 Å². The Kier molecular flexibility index (Phi) is 4.65. The molecule has 3 fully saturated rings. The van der Waals surface area contributed by atoms with Crippen molar-refractivity contribution in [2.45, 2.75) is 70.9 Å². The Morgan fingerprint density at radius 3 is 2.79 bits per heavy atom. The molecular weight excluding hydrogens is 318 g/mol. The molecule has 1 aliphatic carbocycles. The van der Waals surface area contributed by atoms with E-state index in [4.69, 9.17) is 0 Å². The number of rotatable bonds is 3. The summed E-state index contributed by atoms with van der Waals surface area (Å²) >= 11 is 1.75. The molecule has 1 amide bonds. The largest absolute Gasteiger partial charge is 0.339 e. The number of hydrogen-bond donors (Lipinski definition) is 0. The van der Waals surface area contributed by atoms with Gasteiger partial charge in [-0.2, -0.15) is 0 Å². The van der Waals surface area contributed by atoms with Gasteiger partial charge in [-0.15, -0.1) is 11.3 Å². The lowest BCUT2D eigenvalue weighted by atomic mass is 9.77. The topological polar surface area (TPSA) is 36.4 Å². The molecule has 3 aliphatic rings. The number of hydrogen-bond acceptors (Lipinski definition) is 4. The summed E-state index contributed by atoms with van der Waals surface area (Å²) < 4.78 is 0. The molecule has 132 valence electrons.